The molecule has 0 saturated heterocycles. The van der Waals surface area contributed by atoms with Gasteiger partial charge in [0.15, 0.2) is 0 Å². The Kier molecular flexibility index (Phi) is 4.78. The summed E-state index contributed by atoms with van der Waals surface area (Å²) in [4.78, 5) is 14.4. The molecule has 0 unspecified atom stereocenters. The zero-order valence-corrected chi connectivity index (χ0v) is 11.0. The van der Waals surface area contributed by atoms with E-state index in [9.17, 15) is 4.79 Å². The number of nitrogens with two attached hydrogens (primary N) is 1. The summed E-state index contributed by atoms with van der Waals surface area (Å²) in [6, 6.07) is 0.471. The van der Waals surface area contributed by atoms with Crippen molar-refractivity contribution in [3.05, 3.63) is 0 Å². The van der Waals surface area contributed by atoms with Gasteiger partial charge >= 0.3 is 0 Å². The van der Waals surface area contributed by atoms with Crippen molar-refractivity contribution in [1.82, 2.24) is 4.90 Å². The maximum absolute atomic E-state index is 12.3. The second-order valence-electron chi connectivity index (χ2n) is 5.83. The Labute approximate surface area is 99.4 Å². The molecule has 1 rings (SSSR count). The van der Waals surface area contributed by atoms with Crippen molar-refractivity contribution in [3.63, 3.8) is 0 Å². The fraction of sp³-hybridized carbons (Fsp3) is 0.923. The molecular formula is C13H26N2O. The van der Waals surface area contributed by atoms with Crippen LogP contribution in [0.2, 0.25) is 0 Å². The number of hydrogen-bond acceptors (Lipinski definition) is 2. The first kappa shape index (κ1) is 13.5. The standard InChI is InChI=1S/C13H26N2O/c1-13(2,3)12(16)15(10-6-9-14)11-7-4-5-8-11/h11H,4-10,14H2,1-3H3. The van der Waals surface area contributed by atoms with Crippen LogP contribution in [0.3, 0.4) is 0 Å². The van der Waals surface area contributed by atoms with Crippen LogP contribution in [-0.2, 0) is 4.79 Å². The number of hydrogen-bond donors (Lipinski definition) is 1. The molecule has 1 amide bonds. The summed E-state index contributed by atoms with van der Waals surface area (Å²) in [5, 5.41) is 0. The SMILES string of the molecule is CC(C)(C)C(=O)N(CCCN)C1CCCC1. The molecule has 0 spiro atoms. The third kappa shape index (κ3) is 3.48. The van der Waals surface area contributed by atoms with Crippen LogP contribution < -0.4 is 5.73 Å². The van der Waals surface area contributed by atoms with Crippen molar-refractivity contribution in [2.75, 3.05) is 13.1 Å². The van der Waals surface area contributed by atoms with Crippen LogP contribution in [0, 0.1) is 5.41 Å². The monoisotopic (exact) mass is 226 g/mol. The summed E-state index contributed by atoms with van der Waals surface area (Å²) in [5.41, 5.74) is 5.28. The predicted octanol–water partition coefficient (Wildman–Crippen LogP) is 2.15. The summed E-state index contributed by atoms with van der Waals surface area (Å²) >= 11 is 0. The Bertz CT molecular complexity index is 227. The molecular weight excluding hydrogens is 200 g/mol. The van der Waals surface area contributed by atoms with E-state index in [2.05, 4.69) is 4.90 Å². The predicted molar refractivity (Wildman–Crippen MR) is 67.1 cm³/mol. The minimum atomic E-state index is -0.267. The smallest absolute Gasteiger partial charge is 0.228 e. The third-order valence-electron chi connectivity index (χ3n) is 3.27. The number of nitrogens with zero attached hydrogens (tertiary/aromatic N) is 1. The molecule has 0 atom stereocenters. The molecule has 0 aromatic carbocycles. The molecule has 0 heterocycles. The van der Waals surface area contributed by atoms with Gasteiger partial charge in [0.1, 0.15) is 0 Å². The van der Waals surface area contributed by atoms with E-state index in [1.165, 1.54) is 25.7 Å². The normalized spacial score (nSPS) is 17.8. The van der Waals surface area contributed by atoms with E-state index in [4.69, 9.17) is 5.73 Å². The summed E-state index contributed by atoms with van der Waals surface area (Å²) in [7, 11) is 0. The molecule has 1 saturated carbocycles. The summed E-state index contributed by atoms with van der Waals surface area (Å²) in [6.45, 7) is 7.50. The minimum Gasteiger partial charge on any atom is -0.339 e. The van der Waals surface area contributed by atoms with Crippen molar-refractivity contribution in [1.29, 1.82) is 0 Å². The molecule has 3 heteroatoms. The van der Waals surface area contributed by atoms with Gasteiger partial charge in [0.2, 0.25) is 5.91 Å². The lowest BCUT2D eigenvalue weighted by atomic mass is 9.93. The number of carbonyl (C=O) groups is 1. The summed E-state index contributed by atoms with van der Waals surface area (Å²) in [6.07, 6.45) is 5.79. The van der Waals surface area contributed by atoms with Gasteiger partial charge in [-0.05, 0) is 25.8 Å². The Balaban J connectivity index is 2.65. The highest BCUT2D eigenvalue weighted by molar-refractivity contribution is 5.81. The van der Waals surface area contributed by atoms with Gasteiger partial charge in [-0.1, -0.05) is 33.6 Å². The Hall–Kier alpha value is -0.570. The van der Waals surface area contributed by atoms with E-state index in [0.29, 0.717) is 12.6 Å². The van der Waals surface area contributed by atoms with Crippen molar-refractivity contribution in [3.8, 4) is 0 Å². The quantitative estimate of drug-likeness (QED) is 0.798. The molecule has 1 aliphatic carbocycles. The molecule has 0 aromatic rings. The first-order chi connectivity index (χ1) is 7.46. The minimum absolute atomic E-state index is 0.267. The van der Waals surface area contributed by atoms with Gasteiger partial charge in [0.25, 0.3) is 0 Å². The highest BCUT2D eigenvalue weighted by Gasteiger charge is 2.32. The zero-order chi connectivity index (χ0) is 12.2. The van der Waals surface area contributed by atoms with E-state index < -0.39 is 0 Å². The highest BCUT2D eigenvalue weighted by atomic mass is 16.2. The first-order valence-corrected chi connectivity index (χ1v) is 6.48. The van der Waals surface area contributed by atoms with Crippen LogP contribution in [0.15, 0.2) is 0 Å². The molecule has 0 radical (unpaired) electrons. The van der Waals surface area contributed by atoms with Crippen LogP contribution in [0.4, 0.5) is 0 Å². The second kappa shape index (κ2) is 5.67. The molecule has 2 N–H and O–H groups in total. The van der Waals surface area contributed by atoms with Crippen molar-refractivity contribution in [2.24, 2.45) is 11.1 Å². The molecule has 0 bridgehead atoms. The second-order valence-corrected chi connectivity index (χ2v) is 5.83. The van der Waals surface area contributed by atoms with Gasteiger partial charge in [-0.3, -0.25) is 4.79 Å². The lowest BCUT2D eigenvalue weighted by Crippen LogP contribution is -2.45. The number of rotatable bonds is 4. The topological polar surface area (TPSA) is 46.3 Å². The molecule has 1 fully saturated rings. The Morgan fingerprint density at radius 3 is 2.31 bits per heavy atom. The van der Waals surface area contributed by atoms with Crippen molar-refractivity contribution < 1.29 is 4.79 Å². The Morgan fingerprint density at radius 2 is 1.88 bits per heavy atom. The number of amides is 1. The van der Waals surface area contributed by atoms with E-state index in [-0.39, 0.29) is 11.3 Å². The van der Waals surface area contributed by atoms with Crippen LogP contribution in [0.1, 0.15) is 52.9 Å². The lowest BCUT2D eigenvalue weighted by molar-refractivity contribution is -0.141. The van der Waals surface area contributed by atoms with Crippen LogP contribution >= 0.6 is 0 Å². The largest absolute Gasteiger partial charge is 0.339 e. The maximum Gasteiger partial charge on any atom is 0.228 e. The van der Waals surface area contributed by atoms with Crippen LogP contribution in [0.5, 0.6) is 0 Å². The lowest BCUT2D eigenvalue weighted by Gasteiger charge is -2.34. The summed E-state index contributed by atoms with van der Waals surface area (Å²) < 4.78 is 0. The fourth-order valence-corrected chi connectivity index (χ4v) is 2.36. The van der Waals surface area contributed by atoms with E-state index in [0.717, 1.165) is 13.0 Å². The molecule has 3 nitrogen and oxygen atoms in total. The van der Waals surface area contributed by atoms with Crippen molar-refractivity contribution >= 4 is 5.91 Å². The third-order valence-corrected chi connectivity index (χ3v) is 3.27. The van der Waals surface area contributed by atoms with Gasteiger partial charge < -0.3 is 10.6 Å². The van der Waals surface area contributed by atoms with Gasteiger partial charge in [-0.2, -0.15) is 0 Å². The average molecular weight is 226 g/mol. The van der Waals surface area contributed by atoms with Gasteiger partial charge in [0, 0.05) is 18.0 Å². The fourth-order valence-electron chi connectivity index (χ4n) is 2.36. The highest BCUT2D eigenvalue weighted by Crippen LogP contribution is 2.27. The van der Waals surface area contributed by atoms with E-state index >= 15 is 0 Å². The van der Waals surface area contributed by atoms with Gasteiger partial charge in [-0.15, -0.1) is 0 Å². The maximum atomic E-state index is 12.3. The Morgan fingerprint density at radius 1 is 1.31 bits per heavy atom. The molecule has 16 heavy (non-hydrogen) atoms. The van der Waals surface area contributed by atoms with E-state index in [1.807, 2.05) is 20.8 Å². The molecule has 94 valence electrons. The van der Waals surface area contributed by atoms with Gasteiger partial charge in [0.05, 0.1) is 0 Å². The molecule has 1 aliphatic rings. The van der Waals surface area contributed by atoms with E-state index in [1.54, 1.807) is 0 Å². The average Bonchev–Trinajstić information content (AvgIpc) is 2.70. The van der Waals surface area contributed by atoms with Crippen molar-refractivity contribution in [2.45, 2.75) is 58.9 Å². The first-order valence-electron chi connectivity index (χ1n) is 6.48. The van der Waals surface area contributed by atoms with Crippen LogP contribution in [-0.4, -0.2) is 29.9 Å². The summed E-state index contributed by atoms with van der Waals surface area (Å²) in [5.74, 6) is 0.285. The number of carbonyl (C=O) groups excluding carboxylic acids is 1. The van der Waals surface area contributed by atoms with Crippen LogP contribution in [0.25, 0.3) is 0 Å². The molecule has 0 aliphatic heterocycles. The van der Waals surface area contributed by atoms with Gasteiger partial charge in [-0.25, -0.2) is 0 Å². The molecule has 0 aromatic heterocycles. The zero-order valence-electron chi connectivity index (χ0n) is 11.0.